The molecule has 1 unspecified atom stereocenters. The first kappa shape index (κ1) is 18.5. The van der Waals surface area contributed by atoms with Crippen LogP contribution in [0.3, 0.4) is 0 Å². The van der Waals surface area contributed by atoms with Crippen molar-refractivity contribution < 1.29 is 4.39 Å². The number of hydrogen-bond donors (Lipinski definition) is 1. The van der Waals surface area contributed by atoms with E-state index < -0.39 is 9.70 Å². The van der Waals surface area contributed by atoms with E-state index in [0.717, 1.165) is 52.2 Å². The van der Waals surface area contributed by atoms with Crippen LogP contribution >= 0.6 is 20.4 Å². The highest BCUT2D eigenvalue weighted by Crippen LogP contribution is 2.51. The van der Waals surface area contributed by atoms with Crippen molar-refractivity contribution in [2.45, 2.75) is 25.2 Å². The maximum Gasteiger partial charge on any atom is 0.129 e. The van der Waals surface area contributed by atoms with Gasteiger partial charge >= 0.3 is 0 Å². The van der Waals surface area contributed by atoms with Crippen molar-refractivity contribution in [3.63, 3.8) is 0 Å². The first-order valence-corrected chi connectivity index (χ1v) is 11.2. The van der Waals surface area contributed by atoms with Crippen LogP contribution < -0.4 is 10.6 Å². The summed E-state index contributed by atoms with van der Waals surface area (Å²) >= 11 is 0. The first-order chi connectivity index (χ1) is 13.0. The van der Waals surface area contributed by atoms with Crippen LogP contribution in [0, 0.1) is 5.82 Å². The van der Waals surface area contributed by atoms with Crippen LogP contribution in [0.2, 0.25) is 0 Å². The van der Waals surface area contributed by atoms with Gasteiger partial charge in [0.15, 0.2) is 0 Å². The number of nitrogen functional groups attached to an aromatic ring is 1. The summed E-state index contributed by atoms with van der Waals surface area (Å²) in [5, 5.41) is 0. The van der Waals surface area contributed by atoms with E-state index in [2.05, 4.69) is 23.6 Å². The number of rotatable bonds is 5. The Balaban J connectivity index is 1.89. The van der Waals surface area contributed by atoms with Crippen LogP contribution in [0.4, 0.5) is 21.5 Å². The smallest absolute Gasteiger partial charge is 0.129 e. The van der Waals surface area contributed by atoms with Crippen molar-refractivity contribution >= 4 is 48.3 Å². The second kappa shape index (κ2) is 7.26. The first-order valence-electron chi connectivity index (χ1n) is 9.10. The molecule has 27 heavy (non-hydrogen) atoms. The Kier molecular flexibility index (Phi) is 4.97. The number of aliphatic imine (C=N–C) groups is 1. The minimum Gasteiger partial charge on any atom is -0.399 e. The number of nitrogens with zero attached hydrogens (tertiary/aromatic N) is 3. The fraction of sp³-hybridized carbons (Fsp3) is 0.300. The number of fused-ring (bicyclic) bond motifs is 5. The number of hydrogen-bond acceptors (Lipinski definition) is 4. The highest BCUT2D eigenvalue weighted by Gasteiger charge is 2.36. The number of anilines is 2. The quantitative estimate of drug-likeness (QED) is 0.565. The van der Waals surface area contributed by atoms with E-state index in [4.69, 9.17) is 21.4 Å². The van der Waals surface area contributed by atoms with Crippen LogP contribution in [0.25, 0.3) is 0 Å². The Morgan fingerprint density at radius 2 is 2.04 bits per heavy atom. The zero-order valence-electron chi connectivity index (χ0n) is 15.4. The summed E-state index contributed by atoms with van der Waals surface area (Å²) < 4.78 is 13.9. The van der Waals surface area contributed by atoms with Gasteiger partial charge in [-0.3, -0.25) is 9.80 Å². The summed E-state index contributed by atoms with van der Waals surface area (Å²) in [6.07, 6.45) is 1.07. The van der Waals surface area contributed by atoms with Gasteiger partial charge in [-0.05, 0) is 76.3 Å². The monoisotopic (exact) mass is 404 g/mol. The lowest BCUT2D eigenvalue weighted by molar-refractivity contribution is 0.328. The standard InChI is InChI=1S/C20H22ClFN4S/c1-3-9-25(4-2)12-19-24-16-11-14(23)6-7-15(16)20-26(19)17-8-5-13(22)10-18(17)27(20)21/h5-8,10-11H,3-4,9,12,23H2,1-2H3. The third-order valence-electron chi connectivity index (χ3n) is 4.84. The molecule has 0 aliphatic carbocycles. The molecule has 0 aromatic heterocycles. The molecule has 2 N–H and O–H groups in total. The largest absolute Gasteiger partial charge is 0.399 e. The van der Waals surface area contributed by atoms with Gasteiger partial charge in [-0.15, -0.1) is 0 Å². The molecule has 4 nitrogen and oxygen atoms in total. The highest BCUT2D eigenvalue weighted by atomic mass is 35.7. The Bertz CT molecular complexity index is 972. The number of amidine groups is 1. The zero-order chi connectivity index (χ0) is 19.1. The second-order valence-corrected chi connectivity index (χ2v) is 8.95. The fourth-order valence-electron chi connectivity index (χ4n) is 3.57. The summed E-state index contributed by atoms with van der Waals surface area (Å²) in [7, 11) is 6.09. The van der Waals surface area contributed by atoms with Gasteiger partial charge in [0.1, 0.15) is 11.7 Å². The van der Waals surface area contributed by atoms with Gasteiger partial charge in [-0.1, -0.05) is 13.8 Å². The Hall–Kier alpha value is -1.89. The van der Waals surface area contributed by atoms with Gasteiger partial charge in [-0.2, -0.15) is 0 Å². The molecule has 2 aromatic carbocycles. The molecular formula is C20H22ClFN4S. The lowest BCUT2D eigenvalue weighted by Gasteiger charge is -2.32. The van der Waals surface area contributed by atoms with Crippen molar-refractivity contribution in [2.75, 3.05) is 30.3 Å². The van der Waals surface area contributed by atoms with Crippen LogP contribution in [0.1, 0.15) is 25.8 Å². The van der Waals surface area contributed by atoms with Crippen molar-refractivity contribution in [1.29, 1.82) is 0 Å². The molecular weight excluding hydrogens is 383 g/mol. The molecule has 2 aromatic rings. The Morgan fingerprint density at radius 1 is 1.22 bits per heavy atom. The second-order valence-electron chi connectivity index (χ2n) is 6.68. The normalized spacial score (nSPS) is 17.7. The van der Waals surface area contributed by atoms with E-state index in [1.54, 1.807) is 6.07 Å². The summed E-state index contributed by atoms with van der Waals surface area (Å²) in [6.45, 7) is 6.94. The Morgan fingerprint density at radius 3 is 2.78 bits per heavy atom. The highest BCUT2D eigenvalue weighted by molar-refractivity contribution is 8.35. The van der Waals surface area contributed by atoms with Crippen LogP contribution in [0.15, 0.2) is 46.3 Å². The maximum atomic E-state index is 13.9. The average Bonchev–Trinajstić information content (AvgIpc) is 2.94. The van der Waals surface area contributed by atoms with Crippen molar-refractivity contribution in [3.8, 4) is 0 Å². The van der Waals surface area contributed by atoms with E-state index in [1.165, 1.54) is 12.1 Å². The van der Waals surface area contributed by atoms with Gasteiger partial charge in [-0.25, -0.2) is 9.38 Å². The molecule has 0 saturated heterocycles. The maximum absolute atomic E-state index is 13.9. The molecule has 0 saturated carbocycles. The van der Waals surface area contributed by atoms with Crippen LogP contribution in [0.5, 0.6) is 0 Å². The fourth-order valence-corrected chi connectivity index (χ4v) is 5.89. The van der Waals surface area contributed by atoms with Gasteiger partial charge in [0.05, 0.1) is 22.9 Å². The molecule has 7 heteroatoms. The van der Waals surface area contributed by atoms with Crippen molar-refractivity contribution in [3.05, 3.63) is 47.8 Å². The third kappa shape index (κ3) is 3.16. The molecule has 2 aliphatic rings. The van der Waals surface area contributed by atoms with Gasteiger partial charge in [0.25, 0.3) is 0 Å². The molecule has 0 amide bonds. The minimum atomic E-state index is -0.749. The third-order valence-corrected chi connectivity index (χ3v) is 7.23. The molecule has 0 spiro atoms. The van der Waals surface area contributed by atoms with Crippen LogP contribution in [-0.2, 0) is 0 Å². The number of benzene rings is 2. The molecule has 142 valence electrons. The number of nitrogens with two attached hydrogens (primary N) is 1. The number of halogens is 2. The summed E-state index contributed by atoms with van der Waals surface area (Å²) in [4.78, 5) is 11.2. The average molecular weight is 405 g/mol. The predicted molar refractivity (Wildman–Crippen MR) is 115 cm³/mol. The van der Waals surface area contributed by atoms with Crippen molar-refractivity contribution in [2.24, 2.45) is 4.99 Å². The molecule has 4 rings (SSSR count). The molecule has 1 atom stereocenters. The molecule has 0 bridgehead atoms. The molecule has 0 fully saturated rings. The summed E-state index contributed by atoms with van der Waals surface area (Å²) in [5.41, 5.74) is 9.37. The van der Waals surface area contributed by atoms with E-state index in [0.29, 0.717) is 12.2 Å². The number of likely N-dealkylation sites (N-methyl/N-ethyl adjacent to an activating group) is 1. The molecule has 0 radical (unpaired) electrons. The van der Waals surface area contributed by atoms with Gasteiger partial charge in [0, 0.05) is 16.1 Å². The van der Waals surface area contributed by atoms with Crippen LogP contribution in [-0.4, -0.2) is 35.4 Å². The molecule has 2 heterocycles. The predicted octanol–water partition coefficient (Wildman–Crippen LogP) is 4.96. The Labute approximate surface area is 165 Å². The minimum absolute atomic E-state index is 0.274. The SMILES string of the molecule is CCCN(CC)CC1=Nc2cc(N)ccc2C2=S(Cl)c3cc(F)ccc3N12. The van der Waals surface area contributed by atoms with E-state index in [-0.39, 0.29) is 5.82 Å². The lowest BCUT2D eigenvalue weighted by atomic mass is 10.1. The molecule has 2 aliphatic heterocycles. The van der Waals surface area contributed by atoms with Gasteiger partial charge in [0.2, 0.25) is 0 Å². The van der Waals surface area contributed by atoms with E-state index in [9.17, 15) is 4.39 Å². The topological polar surface area (TPSA) is 44.9 Å². The lowest BCUT2D eigenvalue weighted by Crippen LogP contribution is -2.44. The zero-order valence-corrected chi connectivity index (χ0v) is 16.9. The summed E-state index contributed by atoms with van der Waals surface area (Å²) in [6, 6.07) is 10.5. The van der Waals surface area contributed by atoms with E-state index >= 15 is 0 Å². The van der Waals surface area contributed by atoms with Gasteiger partial charge < -0.3 is 5.73 Å². The van der Waals surface area contributed by atoms with Crippen molar-refractivity contribution in [1.82, 2.24) is 4.90 Å². The van der Waals surface area contributed by atoms with E-state index in [1.807, 2.05) is 18.2 Å². The summed E-state index contributed by atoms with van der Waals surface area (Å²) in [5.74, 6) is 0.631.